The van der Waals surface area contributed by atoms with Crippen molar-refractivity contribution in [3.8, 4) is 5.75 Å². The monoisotopic (exact) mass is 382 g/mol. The zero-order valence-electron chi connectivity index (χ0n) is 15.6. The van der Waals surface area contributed by atoms with Crippen LogP contribution in [-0.2, 0) is 9.53 Å². The second-order valence-corrected chi connectivity index (χ2v) is 7.94. The quantitative estimate of drug-likeness (QED) is 0.805. The lowest BCUT2D eigenvalue weighted by atomic mass is 9.82. The number of aromatic nitrogens is 1. The molecule has 6 heteroatoms. The number of pyridine rings is 1. The van der Waals surface area contributed by atoms with Crippen molar-refractivity contribution in [2.24, 2.45) is 0 Å². The molecule has 2 atom stereocenters. The smallest absolute Gasteiger partial charge is 0.257 e. The molecule has 0 bridgehead atoms. The molecule has 0 radical (unpaired) electrons. The minimum atomic E-state index is -0.749. The number of hydrogen-bond donors (Lipinski definition) is 0. The van der Waals surface area contributed by atoms with Crippen molar-refractivity contribution in [1.29, 1.82) is 0 Å². The molecule has 3 aliphatic rings. The molecular weight excluding hydrogens is 359 g/mol. The number of para-hydroxylation sites is 1. The first-order chi connectivity index (χ1) is 13.6. The van der Waals surface area contributed by atoms with Crippen LogP contribution in [0.1, 0.15) is 50.1 Å². The second kappa shape index (κ2) is 6.85. The Balaban J connectivity index is 1.29. The maximum absolute atomic E-state index is 13.6. The van der Waals surface area contributed by atoms with Gasteiger partial charge >= 0.3 is 0 Å². The number of nitrogens with zero attached hydrogens (tertiary/aromatic N) is 2. The van der Waals surface area contributed by atoms with E-state index in [1.54, 1.807) is 6.20 Å². The lowest BCUT2D eigenvalue weighted by Gasteiger charge is -2.35. The van der Waals surface area contributed by atoms with Gasteiger partial charge in [0.2, 0.25) is 0 Å². The van der Waals surface area contributed by atoms with Crippen LogP contribution in [0.4, 0.5) is 4.39 Å². The molecule has 146 valence electrons. The van der Waals surface area contributed by atoms with Crippen LogP contribution in [0.15, 0.2) is 48.8 Å². The van der Waals surface area contributed by atoms with Gasteiger partial charge in [0.05, 0.1) is 18.3 Å². The molecule has 1 saturated carbocycles. The van der Waals surface area contributed by atoms with E-state index in [4.69, 9.17) is 9.47 Å². The molecule has 1 amide bonds. The van der Waals surface area contributed by atoms with Gasteiger partial charge in [-0.2, -0.15) is 0 Å². The van der Waals surface area contributed by atoms with E-state index in [0.29, 0.717) is 12.8 Å². The first-order valence-electron chi connectivity index (χ1n) is 9.97. The molecule has 5 nitrogen and oxygen atoms in total. The molecule has 2 aromatic rings. The number of carbonyl (C=O) groups is 1. The molecule has 2 aliphatic heterocycles. The SMILES string of the molecule is O=C1N2C(CCC2c2cncc(F)c2)OC12CCC(Oc1ccccc1)CC2. The maximum atomic E-state index is 13.6. The Morgan fingerprint density at radius 1 is 1.11 bits per heavy atom. The van der Waals surface area contributed by atoms with E-state index in [0.717, 1.165) is 37.0 Å². The summed E-state index contributed by atoms with van der Waals surface area (Å²) < 4.78 is 26.0. The van der Waals surface area contributed by atoms with Crippen molar-refractivity contribution in [1.82, 2.24) is 9.88 Å². The first-order valence-corrected chi connectivity index (χ1v) is 9.97. The van der Waals surface area contributed by atoms with E-state index in [1.165, 1.54) is 12.3 Å². The molecule has 1 aliphatic carbocycles. The molecule has 5 rings (SSSR count). The Morgan fingerprint density at radius 3 is 2.64 bits per heavy atom. The summed E-state index contributed by atoms with van der Waals surface area (Å²) in [6, 6.07) is 11.1. The summed E-state index contributed by atoms with van der Waals surface area (Å²) in [5.74, 6) is 0.533. The normalized spacial score (nSPS) is 32.0. The highest BCUT2D eigenvalue weighted by atomic mass is 19.1. The van der Waals surface area contributed by atoms with E-state index in [1.807, 2.05) is 35.2 Å². The summed E-state index contributed by atoms with van der Waals surface area (Å²) in [5.41, 5.74) is -0.00159. The molecule has 3 fully saturated rings. The van der Waals surface area contributed by atoms with Gasteiger partial charge in [-0.1, -0.05) is 18.2 Å². The minimum absolute atomic E-state index is 0.0439. The van der Waals surface area contributed by atoms with Gasteiger partial charge in [-0.3, -0.25) is 9.78 Å². The Hall–Kier alpha value is -2.47. The number of amides is 1. The lowest BCUT2D eigenvalue weighted by Crippen LogP contribution is -2.46. The van der Waals surface area contributed by atoms with Gasteiger partial charge in [0.25, 0.3) is 5.91 Å². The van der Waals surface area contributed by atoms with Gasteiger partial charge in [0.1, 0.15) is 23.4 Å². The fourth-order valence-corrected chi connectivity index (χ4v) is 4.85. The maximum Gasteiger partial charge on any atom is 0.257 e. The molecule has 1 aromatic heterocycles. The van der Waals surface area contributed by atoms with Crippen molar-refractivity contribution in [2.45, 2.75) is 62.5 Å². The summed E-state index contributed by atoms with van der Waals surface area (Å²) in [5, 5.41) is 0. The number of benzene rings is 1. The molecule has 2 saturated heterocycles. The van der Waals surface area contributed by atoms with Crippen LogP contribution in [0.2, 0.25) is 0 Å². The predicted octanol–water partition coefficient (Wildman–Crippen LogP) is 4.00. The van der Waals surface area contributed by atoms with Crippen LogP contribution in [-0.4, -0.2) is 33.7 Å². The van der Waals surface area contributed by atoms with E-state index in [2.05, 4.69) is 4.98 Å². The highest BCUT2D eigenvalue weighted by molar-refractivity contribution is 5.88. The van der Waals surface area contributed by atoms with Gasteiger partial charge in [-0.25, -0.2) is 4.39 Å². The Bertz CT molecular complexity index is 867. The van der Waals surface area contributed by atoms with Crippen LogP contribution in [0.3, 0.4) is 0 Å². The van der Waals surface area contributed by atoms with Crippen molar-refractivity contribution in [3.05, 3.63) is 60.2 Å². The zero-order chi connectivity index (χ0) is 19.1. The van der Waals surface area contributed by atoms with Crippen LogP contribution in [0.5, 0.6) is 5.75 Å². The third-order valence-electron chi connectivity index (χ3n) is 6.22. The lowest BCUT2D eigenvalue weighted by molar-refractivity contribution is -0.143. The highest BCUT2D eigenvalue weighted by Gasteiger charge is 2.58. The van der Waals surface area contributed by atoms with Gasteiger partial charge in [0, 0.05) is 6.20 Å². The topological polar surface area (TPSA) is 51.7 Å². The Kier molecular flexibility index (Phi) is 4.31. The molecule has 1 aromatic carbocycles. The predicted molar refractivity (Wildman–Crippen MR) is 99.9 cm³/mol. The average Bonchev–Trinajstić information content (AvgIpc) is 3.23. The summed E-state index contributed by atoms with van der Waals surface area (Å²) in [7, 11) is 0. The molecule has 1 spiro atoms. The van der Waals surface area contributed by atoms with Crippen molar-refractivity contribution < 1.29 is 18.7 Å². The largest absolute Gasteiger partial charge is 0.490 e. The minimum Gasteiger partial charge on any atom is -0.490 e. The second-order valence-electron chi connectivity index (χ2n) is 7.94. The fourth-order valence-electron chi connectivity index (χ4n) is 4.85. The average molecular weight is 382 g/mol. The van der Waals surface area contributed by atoms with Gasteiger partial charge < -0.3 is 14.4 Å². The molecule has 2 unspecified atom stereocenters. The van der Waals surface area contributed by atoms with Crippen molar-refractivity contribution >= 4 is 5.91 Å². The van der Waals surface area contributed by atoms with E-state index in [-0.39, 0.29) is 30.1 Å². The Morgan fingerprint density at radius 2 is 1.89 bits per heavy atom. The molecular formula is C22H23FN2O3. The van der Waals surface area contributed by atoms with Gasteiger partial charge in [-0.15, -0.1) is 0 Å². The molecule has 28 heavy (non-hydrogen) atoms. The third-order valence-corrected chi connectivity index (χ3v) is 6.22. The third kappa shape index (κ3) is 2.96. The first kappa shape index (κ1) is 17.6. The standard InChI is InChI=1S/C22H23FN2O3/c23-16-12-15(13-24-14-16)19-6-7-20-25(19)21(26)22(28-20)10-8-18(9-11-22)27-17-4-2-1-3-5-17/h1-5,12-14,18-20H,6-11H2. The van der Waals surface area contributed by atoms with Crippen molar-refractivity contribution in [3.63, 3.8) is 0 Å². The number of halogens is 1. The highest BCUT2D eigenvalue weighted by Crippen LogP contribution is 2.49. The van der Waals surface area contributed by atoms with Crippen LogP contribution >= 0.6 is 0 Å². The number of rotatable bonds is 3. The molecule has 0 N–H and O–H groups in total. The van der Waals surface area contributed by atoms with Crippen LogP contribution in [0.25, 0.3) is 0 Å². The van der Waals surface area contributed by atoms with Crippen molar-refractivity contribution in [2.75, 3.05) is 0 Å². The number of carbonyl (C=O) groups excluding carboxylic acids is 1. The number of ether oxygens (including phenoxy) is 2. The fraction of sp³-hybridized carbons (Fsp3) is 0.455. The summed E-state index contributed by atoms with van der Waals surface area (Å²) in [6.45, 7) is 0. The summed E-state index contributed by atoms with van der Waals surface area (Å²) >= 11 is 0. The van der Waals surface area contributed by atoms with Crippen LogP contribution < -0.4 is 4.74 Å². The van der Waals surface area contributed by atoms with Gasteiger partial charge in [0.15, 0.2) is 0 Å². The molecule has 3 heterocycles. The van der Waals surface area contributed by atoms with E-state index < -0.39 is 5.60 Å². The Labute approximate surface area is 163 Å². The number of fused-ring (bicyclic) bond motifs is 1. The van der Waals surface area contributed by atoms with E-state index >= 15 is 0 Å². The van der Waals surface area contributed by atoms with Crippen LogP contribution in [0, 0.1) is 5.82 Å². The summed E-state index contributed by atoms with van der Waals surface area (Å²) in [4.78, 5) is 19.1. The summed E-state index contributed by atoms with van der Waals surface area (Å²) in [6.07, 6.45) is 7.16. The zero-order valence-corrected chi connectivity index (χ0v) is 15.6. The number of hydrogen-bond acceptors (Lipinski definition) is 4. The van der Waals surface area contributed by atoms with Gasteiger partial charge in [-0.05, 0) is 62.3 Å². The van der Waals surface area contributed by atoms with E-state index in [9.17, 15) is 9.18 Å².